The van der Waals surface area contributed by atoms with Gasteiger partial charge in [0.1, 0.15) is 5.56 Å². The third-order valence-corrected chi connectivity index (χ3v) is 4.89. The number of carbonyl (C=O) groups excluding carboxylic acids is 1. The van der Waals surface area contributed by atoms with Crippen LogP contribution in [0.4, 0.5) is 5.82 Å². The smallest absolute Gasteiger partial charge is 0.261 e. The van der Waals surface area contributed by atoms with Crippen LogP contribution in [0, 0.1) is 0 Å². The maximum Gasteiger partial charge on any atom is 0.261 e. The second-order valence-corrected chi connectivity index (χ2v) is 6.78. The Balaban J connectivity index is 1.73. The topological polar surface area (TPSA) is 70.8 Å². The molecule has 0 spiro atoms. The molecule has 2 aliphatic heterocycles. The standard InChI is InChI=1S/C19H24N4O3/c1-14-13-23(8-7-20-14)19(24)16-17(15-5-3-2-4-6-15)26-21-18(16)22-9-11-25-12-10-22/h2-6,14,20H,7-13H2,1H3/t14-/m1/s1. The number of nitrogens with zero attached hydrogens (tertiary/aromatic N) is 3. The van der Waals surface area contributed by atoms with Crippen molar-refractivity contribution in [2.24, 2.45) is 0 Å². The first kappa shape index (κ1) is 17.1. The lowest BCUT2D eigenvalue weighted by Crippen LogP contribution is -2.51. The largest absolute Gasteiger partial charge is 0.378 e. The molecule has 0 radical (unpaired) electrons. The fraction of sp³-hybridized carbons (Fsp3) is 0.474. The molecule has 1 amide bonds. The summed E-state index contributed by atoms with van der Waals surface area (Å²) >= 11 is 0. The fourth-order valence-corrected chi connectivity index (χ4v) is 3.53. The van der Waals surface area contributed by atoms with Crippen molar-refractivity contribution in [2.75, 3.05) is 50.8 Å². The number of nitrogens with one attached hydrogen (secondary N) is 1. The van der Waals surface area contributed by atoms with Crippen LogP contribution in [0.3, 0.4) is 0 Å². The van der Waals surface area contributed by atoms with Crippen LogP contribution >= 0.6 is 0 Å². The van der Waals surface area contributed by atoms with E-state index in [4.69, 9.17) is 9.26 Å². The van der Waals surface area contributed by atoms with Crippen molar-refractivity contribution in [1.29, 1.82) is 0 Å². The highest BCUT2D eigenvalue weighted by Gasteiger charge is 2.32. The molecule has 7 heteroatoms. The van der Waals surface area contributed by atoms with Gasteiger partial charge in [-0.25, -0.2) is 0 Å². The Kier molecular flexibility index (Phi) is 4.90. The van der Waals surface area contributed by atoms with Crippen molar-refractivity contribution >= 4 is 11.7 Å². The van der Waals surface area contributed by atoms with Gasteiger partial charge in [0.2, 0.25) is 0 Å². The number of rotatable bonds is 3. The number of hydrogen-bond acceptors (Lipinski definition) is 6. The third kappa shape index (κ3) is 3.32. The van der Waals surface area contributed by atoms with Crippen LogP contribution in [0.1, 0.15) is 17.3 Å². The second kappa shape index (κ2) is 7.47. The number of hydrogen-bond donors (Lipinski definition) is 1. The molecule has 2 aromatic rings. The number of ether oxygens (including phenoxy) is 1. The van der Waals surface area contributed by atoms with Gasteiger partial charge in [-0.05, 0) is 6.92 Å². The lowest BCUT2D eigenvalue weighted by Gasteiger charge is -2.33. The highest BCUT2D eigenvalue weighted by molar-refractivity contribution is 6.04. The Morgan fingerprint density at radius 3 is 2.69 bits per heavy atom. The minimum absolute atomic E-state index is 0.0139. The molecule has 1 aromatic carbocycles. The van der Waals surface area contributed by atoms with Gasteiger partial charge in [-0.1, -0.05) is 35.5 Å². The summed E-state index contributed by atoms with van der Waals surface area (Å²) in [7, 11) is 0. The predicted octanol–water partition coefficient (Wildman–Crippen LogP) is 1.61. The molecule has 1 aromatic heterocycles. The fourth-order valence-electron chi connectivity index (χ4n) is 3.53. The third-order valence-electron chi connectivity index (χ3n) is 4.89. The van der Waals surface area contributed by atoms with Gasteiger partial charge in [0.05, 0.1) is 13.2 Å². The number of carbonyl (C=O) groups is 1. The number of aromatic nitrogens is 1. The van der Waals surface area contributed by atoms with Crippen LogP contribution in [0.15, 0.2) is 34.9 Å². The van der Waals surface area contributed by atoms with Crippen molar-refractivity contribution in [2.45, 2.75) is 13.0 Å². The summed E-state index contributed by atoms with van der Waals surface area (Å²) in [5, 5.41) is 7.66. The molecule has 1 atom stereocenters. The van der Waals surface area contributed by atoms with E-state index in [-0.39, 0.29) is 11.9 Å². The van der Waals surface area contributed by atoms with Crippen LogP contribution in [0.25, 0.3) is 11.3 Å². The van der Waals surface area contributed by atoms with E-state index in [1.165, 1.54) is 0 Å². The van der Waals surface area contributed by atoms with E-state index in [1.54, 1.807) is 0 Å². The first-order valence-electron chi connectivity index (χ1n) is 9.14. The van der Waals surface area contributed by atoms with Gasteiger partial charge in [-0.3, -0.25) is 4.79 Å². The average Bonchev–Trinajstić information content (AvgIpc) is 3.14. The number of benzene rings is 1. The number of amides is 1. The molecule has 0 unspecified atom stereocenters. The lowest BCUT2D eigenvalue weighted by molar-refractivity contribution is 0.0709. The average molecular weight is 356 g/mol. The Bertz CT molecular complexity index is 755. The van der Waals surface area contributed by atoms with Crippen molar-refractivity contribution < 1.29 is 14.1 Å². The molecule has 4 rings (SSSR count). The number of piperazine rings is 1. The van der Waals surface area contributed by atoms with Crippen LogP contribution < -0.4 is 10.2 Å². The minimum Gasteiger partial charge on any atom is -0.378 e. The van der Waals surface area contributed by atoms with Gasteiger partial charge in [-0.2, -0.15) is 0 Å². The van der Waals surface area contributed by atoms with E-state index in [2.05, 4.69) is 22.3 Å². The predicted molar refractivity (Wildman–Crippen MR) is 98.3 cm³/mol. The maximum absolute atomic E-state index is 13.4. The molecule has 3 heterocycles. The summed E-state index contributed by atoms with van der Waals surface area (Å²) < 4.78 is 11.1. The molecular weight excluding hydrogens is 332 g/mol. The van der Waals surface area contributed by atoms with Gasteiger partial charge < -0.3 is 24.4 Å². The van der Waals surface area contributed by atoms with Crippen LogP contribution in [0.5, 0.6) is 0 Å². The Morgan fingerprint density at radius 1 is 1.19 bits per heavy atom. The van der Waals surface area contributed by atoms with E-state index < -0.39 is 0 Å². The zero-order chi connectivity index (χ0) is 17.9. The van der Waals surface area contributed by atoms with Gasteiger partial charge >= 0.3 is 0 Å². The van der Waals surface area contributed by atoms with Crippen LogP contribution in [0.2, 0.25) is 0 Å². The van der Waals surface area contributed by atoms with Crippen molar-refractivity contribution in [3.05, 3.63) is 35.9 Å². The molecule has 2 aliphatic rings. The molecule has 2 fully saturated rings. The molecular formula is C19H24N4O3. The molecule has 0 aliphatic carbocycles. The normalized spacial score (nSPS) is 21.0. The molecule has 26 heavy (non-hydrogen) atoms. The lowest BCUT2D eigenvalue weighted by atomic mass is 10.1. The Labute approximate surface area is 152 Å². The minimum atomic E-state index is -0.0139. The number of morpholine rings is 1. The molecule has 2 saturated heterocycles. The van der Waals surface area contributed by atoms with Gasteiger partial charge in [0.25, 0.3) is 5.91 Å². The van der Waals surface area contributed by atoms with Gasteiger partial charge in [-0.15, -0.1) is 0 Å². The maximum atomic E-state index is 13.4. The van der Waals surface area contributed by atoms with E-state index >= 15 is 0 Å². The zero-order valence-corrected chi connectivity index (χ0v) is 15.0. The molecule has 0 saturated carbocycles. The van der Waals surface area contributed by atoms with Gasteiger partial charge in [0, 0.05) is 44.3 Å². The zero-order valence-electron chi connectivity index (χ0n) is 15.0. The summed E-state index contributed by atoms with van der Waals surface area (Å²) in [6.07, 6.45) is 0. The van der Waals surface area contributed by atoms with Gasteiger partial charge in [0.15, 0.2) is 11.6 Å². The van der Waals surface area contributed by atoms with Crippen LogP contribution in [-0.4, -0.2) is 67.9 Å². The number of anilines is 1. The van der Waals surface area contributed by atoms with Crippen LogP contribution in [-0.2, 0) is 4.74 Å². The SMILES string of the molecule is C[C@@H]1CN(C(=O)c2c(N3CCOCC3)noc2-c2ccccc2)CCN1. The molecule has 7 nitrogen and oxygen atoms in total. The quantitative estimate of drug-likeness (QED) is 0.901. The summed E-state index contributed by atoms with van der Waals surface area (Å²) in [6.45, 7) is 6.93. The Morgan fingerprint density at radius 2 is 1.96 bits per heavy atom. The van der Waals surface area contributed by atoms with Crippen molar-refractivity contribution in [1.82, 2.24) is 15.4 Å². The summed E-state index contributed by atoms with van der Waals surface area (Å²) in [6, 6.07) is 9.99. The van der Waals surface area contributed by atoms with E-state index in [0.29, 0.717) is 56.5 Å². The molecule has 138 valence electrons. The Hall–Kier alpha value is -2.38. The summed E-state index contributed by atoms with van der Waals surface area (Å²) in [4.78, 5) is 17.4. The molecule has 1 N–H and O–H groups in total. The highest BCUT2D eigenvalue weighted by Crippen LogP contribution is 2.33. The monoisotopic (exact) mass is 356 g/mol. The highest BCUT2D eigenvalue weighted by atomic mass is 16.5. The van der Waals surface area contributed by atoms with E-state index in [0.717, 1.165) is 12.1 Å². The summed E-state index contributed by atoms with van der Waals surface area (Å²) in [5.74, 6) is 1.16. The van der Waals surface area contributed by atoms with E-state index in [1.807, 2.05) is 35.2 Å². The van der Waals surface area contributed by atoms with E-state index in [9.17, 15) is 4.79 Å². The summed E-state index contributed by atoms with van der Waals surface area (Å²) in [5.41, 5.74) is 1.43. The first-order valence-corrected chi connectivity index (χ1v) is 9.14. The van der Waals surface area contributed by atoms with Crippen molar-refractivity contribution in [3.8, 4) is 11.3 Å². The molecule has 0 bridgehead atoms. The van der Waals surface area contributed by atoms with Crippen molar-refractivity contribution in [3.63, 3.8) is 0 Å². The first-order chi connectivity index (χ1) is 12.7. The second-order valence-electron chi connectivity index (χ2n) is 6.78.